The summed E-state index contributed by atoms with van der Waals surface area (Å²) in [6.45, 7) is 0.934. The number of aliphatic carboxylic acids is 1. The van der Waals surface area contributed by atoms with Crippen LogP contribution in [0, 0.1) is 0 Å². The second-order valence-electron chi connectivity index (χ2n) is 3.52. The molecule has 0 rings (SSSR count). The zero-order valence-corrected chi connectivity index (χ0v) is 7.33. The number of quaternary nitrogens is 1. The summed E-state index contributed by atoms with van der Waals surface area (Å²) in [5.41, 5.74) is 0. The topological polar surface area (TPSA) is 40.1 Å². The first-order valence-electron chi connectivity index (χ1n) is 3.60. The minimum absolute atomic E-state index is 0.775. The molecule has 0 aromatic heterocycles. The van der Waals surface area contributed by atoms with Crippen LogP contribution in [0.1, 0.15) is 6.42 Å². The molecule has 0 unspecified atom stereocenters. The van der Waals surface area contributed by atoms with Gasteiger partial charge in [0.25, 0.3) is 0 Å². The van der Waals surface area contributed by atoms with Crippen molar-refractivity contribution in [3.63, 3.8) is 0 Å². The van der Waals surface area contributed by atoms with Crippen molar-refractivity contribution >= 4 is 5.97 Å². The molecule has 0 saturated heterocycles. The Balaban J connectivity index is 3.50. The molecule has 0 atom stereocenters. The van der Waals surface area contributed by atoms with Crippen LogP contribution in [-0.2, 0) is 4.79 Å². The molecule has 0 aliphatic heterocycles. The number of hydrogen-bond acceptors (Lipinski definition) is 2. The number of nitrogens with zero attached hydrogens (tertiary/aromatic N) is 1. The maximum absolute atomic E-state index is 9.92. The van der Waals surface area contributed by atoms with E-state index >= 15 is 0 Å². The summed E-state index contributed by atoms with van der Waals surface area (Å²) in [6.07, 6.45) is 3.48. The highest BCUT2D eigenvalue weighted by molar-refractivity contribution is 5.77. The van der Waals surface area contributed by atoms with Crippen molar-refractivity contribution in [3.05, 3.63) is 12.2 Å². The second kappa shape index (κ2) is 4.13. The highest BCUT2D eigenvalue weighted by atomic mass is 16.4. The molecule has 0 fully saturated rings. The number of rotatable bonds is 4. The van der Waals surface area contributed by atoms with Crippen molar-refractivity contribution in [1.82, 2.24) is 0 Å². The van der Waals surface area contributed by atoms with Crippen molar-refractivity contribution in [2.45, 2.75) is 6.42 Å². The number of hydrogen-bond donors (Lipinski definition) is 0. The Morgan fingerprint density at radius 3 is 2.36 bits per heavy atom. The van der Waals surface area contributed by atoms with Gasteiger partial charge < -0.3 is 14.4 Å². The molecule has 0 N–H and O–H groups in total. The van der Waals surface area contributed by atoms with Crippen LogP contribution in [0.4, 0.5) is 0 Å². The highest BCUT2D eigenvalue weighted by Crippen LogP contribution is 1.93. The largest absolute Gasteiger partial charge is 0.545 e. The van der Waals surface area contributed by atoms with E-state index in [1.165, 1.54) is 0 Å². The average molecular weight is 157 g/mol. The van der Waals surface area contributed by atoms with Gasteiger partial charge in [-0.25, -0.2) is 0 Å². The fourth-order valence-electron chi connectivity index (χ4n) is 0.641. The van der Waals surface area contributed by atoms with E-state index in [1.807, 2.05) is 0 Å². The van der Waals surface area contributed by atoms with Crippen LogP contribution >= 0.6 is 0 Å². The Morgan fingerprint density at radius 1 is 1.45 bits per heavy atom. The average Bonchev–Trinajstić information content (AvgIpc) is 1.78. The zero-order valence-electron chi connectivity index (χ0n) is 7.33. The Labute approximate surface area is 67.5 Å². The van der Waals surface area contributed by atoms with E-state index in [-0.39, 0.29) is 0 Å². The van der Waals surface area contributed by atoms with Gasteiger partial charge in [-0.3, -0.25) is 0 Å². The molecule has 0 heterocycles. The van der Waals surface area contributed by atoms with Crippen molar-refractivity contribution in [2.75, 3.05) is 27.7 Å². The molecule has 0 aliphatic carbocycles. The van der Waals surface area contributed by atoms with Crippen LogP contribution in [0.25, 0.3) is 0 Å². The van der Waals surface area contributed by atoms with Gasteiger partial charge >= 0.3 is 0 Å². The lowest BCUT2D eigenvalue weighted by molar-refractivity contribution is -0.869. The third-order valence-electron chi connectivity index (χ3n) is 1.22. The predicted molar refractivity (Wildman–Crippen MR) is 41.7 cm³/mol. The van der Waals surface area contributed by atoms with E-state index in [1.54, 1.807) is 6.08 Å². The summed E-state index contributed by atoms with van der Waals surface area (Å²) in [7, 11) is 6.19. The summed E-state index contributed by atoms with van der Waals surface area (Å²) >= 11 is 0. The molecule has 0 saturated carbocycles. The van der Waals surface area contributed by atoms with Crippen LogP contribution in [0.2, 0.25) is 0 Å². The lowest BCUT2D eigenvalue weighted by Gasteiger charge is -2.22. The molecule has 3 nitrogen and oxygen atoms in total. The minimum atomic E-state index is -1.12. The fourth-order valence-corrected chi connectivity index (χ4v) is 0.641. The molecule has 0 aromatic rings. The molecular weight excluding hydrogens is 142 g/mol. The first kappa shape index (κ1) is 10.2. The fraction of sp³-hybridized carbons (Fsp3) is 0.625. The van der Waals surface area contributed by atoms with Gasteiger partial charge in [-0.05, 0) is 6.08 Å². The van der Waals surface area contributed by atoms with Gasteiger partial charge in [0.15, 0.2) is 0 Å². The quantitative estimate of drug-likeness (QED) is 0.403. The Hall–Kier alpha value is -0.830. The first-order valence-corrected chi connectivity index (χ1v) is 3.60. The number of carboxylic acid groups (broad SMARTS) is 1. The van der Waals surface area contributed by atoms with E-state index in [4.69, 9.17) is 0 Å². The normalized spacial score (nSPS) is 12.3. The van der Waals surface area contributed by atoms with Gasteiger partial charge in [0.2, 0.25) is 0 Å². The Bertz CT molecular complexity index is 156. The maximum atomic E-state index is 9.92. The van der Waals surface area contributed by atoms with Gasteiger partial charge in [0.05, 0.1) is 33.7 Å². The van der Waals surface area contributed by atoms with Crippen molar-refractivity contribution in [2.24, 2.45) is 0 Å². The first-order chi connectivity index (χ1) is 4.92. The van der Waals surface area contributed by atoms with Crippen molar-refractivity contribution in [1.29, 1.82) is 0 Å². The van der Waals surface area contributed by atoms with Crippen LogP contribution in [0.5, 0.6) is 0 Å². The minimum Gasteiger partial charge on any atom is -0.545 e. The summed E-state index contributed by atoms with van der Waals surface area (Å²) in [5.74, 6) is -1.12. The number of carbonyl (C=O) groups is 1. The van der Waals surface area contributed by atoms with Crippen molar-refractivity contribution in [3.8, 4) is 0 Å². The summed E-state index contributed by atoms with van der Waals surface area (Å²) in [6, 6.07) is 0. The lowest BCUT2D eigenvalue weighted by Crippen LogP contribution is -2.35. The molecule has 0 amide bonds. The summed E-state index contributed by atoms with van der Waals surface area (Å²) in [5, 5.41) is 9.92. The van der Waals surface area contributed by atoms with Crippen LogP contribution in [-0.4, -0.2) is 38.1 Å². The Morgan fingerprint density at radius 2 is 2.00 bits per heavy atom. The van der Waals surface area contributed by atoms with E-state index in [2.05, 4.69) is 21.1 Å². The summed E-state index contributed by atoms with van der Waals surface area (Å²) in [4.78, 5) is 9.92. The smallest absolute Gasteiger partial charge is 0.0815 e. The Kier molecular flexibility index (Phi) is 3.82. The monoisotopic (exact) mass is 157 g/mol. The molecule has 64 valence electrons. The lowest BCUT2D eigenvalue weighted by atomic mass is 10.3. The zero-order chi connectivity index (χ0) is 8.91. The number of carboxylic acids is 1. The van der Waals surface area contributed by atoms with Gasteiger partial charge in [0.1, 0.15) is 0 Å². The molecule has 0 bridgehead atoms. The van der Waals surface area contributed by atoms with Gasteiger partial charge in [-0.2, -0.15) is 0 Å². The van der Waals surface area contributed by atoms with Crippen molar-refractivity contribution < 1.29 is 14.4 Å². The highest BCUT2D eigenvalue weighted by Gasteiger charge is 2.02. The van der Waals surface area contributed by atoms with Crippen LogP contribution in [0.15, 0.2) is 12.2 Å². The molecule has 0 aliphatic rings. The maximum Gasteiger partial charge on any atom is 0.0815 e. The SMILES string of the molecule is C[N+](C)(C)CCC=CC(=O)[O-]. The van der Waals surface area contributed by atoms with Gasteiger partial charge in [-0.1, -0.05) is 6.08 Å². The molecule has 0 radical (unpaired) electrons. The van der Waals surface area contributed by atoms with E-state index in [0.717, 1.165) is 23.5 Å². The second-order valence-corrected chi connectivity index (χ2v) is 3.52. The third kappa shape index (κ3) is 9.17. The summed E-state index contributed by atoms with van der Waals surface area (Å²) < 4.78 is 0.845. The number of carbonyl (C=O) groups excluding carboxylic acids is 1. The van der Waals surface area contributed by atoms with E-state index in [0.29, 0.717) is 0 Å². The van der Waals surface area contributed by atoms with E-state index in [9.17, 15) is 9.90 Å². The van der Waals surface area contributed by atoms with Gasteiger partial charge in [-0.15, -0.1) is 0 Å². The molecule has 0 aromatic carbocycles. The predicted octanol–water partition coefficient (Wildman–Crippen LogP) is -0.611. The standard InChI is InChI=1S/C8H15NO2/c1-9(2,3)7-5-4-6-8(10)11/h4,6H,5,7H2,1-3H3. The van der Waals surface area contributed by atoms with Crippen LogP contribution < -0.4 is 5.11 Å². The third-order valence-corrected chi connectivity index (χ3v) is 1.22. The molecule has 3 heteroatoms. The molecule has 0 spiro atoms. The molecular formula is C8H15NO2. The van der Waals surface area contributed by atoms with Gasteiger partial charge in [0, 0.05) is 6.42 Å². The molecule has 11 heavy (non-hydrogen) atoms. The van der Waals surface area contributed by atoms with E-state index < -0.39 is 5.97 Å². The van der Waals surface area contributed by atoms with Crippen LogP contribution in [0.3, 0.4) is 0 Å².